The van der Waals surface area contributed by atoms with Gasteiger partial charge in [-0.15, -0.1) is 0 Å². The summed E-state index contributed by atoms with van der Waals surface area (Å²) in [4.78, 5) is 10.3. The molecule has 0 saturated heterocycles. The zero-order valence-electron chi connectivity index (χ0n) is 7.17. The van der Waals surface area contributed by atoms with Gasteiger partial charge in [-0.25, -0.2) is 4.39 Å². The average molecular weight is 183 g/mol. The van der Waals surface area contributed by atoms with Crippen molar-refractivity contribution in [2.45, 2.75) is 13.3 Å². The Kier molecular flexibility index (Phi) is 2.51. The second-order valence-electron chi connectivity index (χ2n) is 2.84. The lowest BCUT2D eigenvalue weighted by atomic mass is 10.1. The van der Waals surface area contributed by atoms with Gasteiger partial charge in [-0.3, -0.25) is 4.79 Å². The van der Waals surface area contributed by atoms with Crippen LogP contribution in [0.2, 0.25) is 0 Å². The summed E-state index contributed by atoms with van der Waals surface area (Å²) >= 11 is 0. The summed E-state index contributed by atoms with van der Waals surface area (Å²) in [5, 5.41) is 8.47. The number of nitrogens with two attached hydrogens (primary N) is 1. The number of hydrogen-bond donors (Lipinski definition) is 2. The molecule has 0 aliphatic carbocycles. The normalized spacial score (nSPS) is 10.0. The van der Waals surface area contributed by atoms with Crippen molar-refractivity contribution in [1.29, 1.82) is 0 Å². The fourth-order valence-corrected chi connectivity index (χ4v) is 1.06. The van der Waals surface area contributed by atoms with Crippen molar-refractivity contribution >= 4 is 11.7 Å². The van der Waals surface area contributed by atoms with Gasteiger partial charge in [0.05, 0.1) is 12.1 Å². The van der Waals surface area contributed by atoms with E-state index in [-0.39, 0.29) is 12.1 Å². The summed E-state index contributed by atoms with van der Waals surface area (Å²) in [6, 6.07) is 3.05. The summed E-state index contributed by atoms with van der Waals surface area (Å²) in [6.07, 6.45) is -0.247. The van der Waals surface area contributed by atoms with Gasteiger partial charge in [-0.2, -0.15) is 0 Å². The molecule has 0 atom stereocenters. The van der Waals surface area contributed by atoms with E-state index in [9.17, 15) is 9.18 Å². The molecule has 0 spiro atoms. The highest BCUT2D eigenvalue weighted by molar-refractivity contribution is 5.73. The zero-order valence-corrected chi connectivity index (χ0v) is 7.17. The predicted molar refractivity (Wildman–Crippen MR) is 46.9 cm³/mol. The Labute approximate surface area is 75.0 Å². The van der Waals surface area contributed by atoms with Crippen LogP contribution in [0.4, 0.5) is 10.1 Å². The first-order valence-electron chi connectivity index (χ1n) is 3.77. The topological polar surface area (TPSA) is 63.3 Å². The Hall–Kier alpha value is -1.58. The molecule has 1 rings (SSSR count). The minimum Gasteiger partial charge on any atom is -0.481 e. The monoisotopic (exact) mass is 183 g/mol. The number of nitrogen functional groups attached to an aromatic ring is 1. The fraction of sp³-hybridized carbons (Fsp3) is 0.222. The smallest absolute Gasteiger partial charge is 0.307 e. The van der Waals surface area contributed by atoms with Crippen LogP contribution in [0.3, 0.4) is 0 Å². The second-order valence-corrected chi connectivity index (χ2v) is 2.84. The van der Waals surface area contributed by atoms with Crippen LogP contribution in [0.25, 0.3) is 0 Å². The number of halogens is 1. The van der Waals surface area contributed by atoms with Gasteiger partial charge in [0.15, 0.2) is 0 Å². The molecule has 0 aliphatic heterocycles. The third-order valence-electron chi connectivity index (χ3n) is 1.80. The van der Waals surface area contributed by atoms with Crippen molar-refractivity contribution in [3.8, 4) is 0 Å². The van der Waals surface area contributed by atoms with Crippen molar-refractivity contribution in [2.75, 3.05) is 5.73 Å². The fourth-order valence-electron chi connectivity index (χ4n) is 1.06. The van der Waals surface area contributed by atoms with Crippen molar-refractivity contribution < 1.29 is 14.3 Å². The highest BCUT2D eigenvalue weighted by Gasteiger charge is 2.10. The maximum absolute atomic E-state index is 13.1. The van der Waals surface area contributed by atoms with Crippen molar-refractivity contribution in [3.05, 3.63) is 29.1 Å². The number of benzene rings is 1. The van der Waals surface area contributed by atoms with Crippen molar-refractivity contribution in [1.82, 2.24) is 0 Å². The minimum atomic E-state index is -1.02. The largest absolute Gasteiger partial charge is 0.481 e. The van der Waals surface area contributed by atoms with Crippen LogP contribution in [0.5, 0.6) is 0 Å². The van der Waals surface area contributed by atoms with E-state index in [0.29, 0.717) is 11.1 Å². The van der Waals surface area contributed by atoms with E-state index >= 15 is 0 Å². The molecule has 0 fully saturated rings. The van der Waals surface area contributed by atoms with Gasteiger partial charge in [0.1, 0.15) is 5.82 Å². The van der Waals surface area contributed by atoms with Gasteiger partial charge in [-0.05, 0) is 18.1 Å². The van der Waals surface area contributed by atoms with Gasteiger partial charge in [0, 0.05) is 0 Å². The Bertz CT molecular complexity index is 350. The lowest BCUT2D eigenvalue weighted by Gasteiger charge is -2.05. The molecule has 0 aromatic heterocycles. The third kappa shape index (κ3) is 1.96. The molecule has 3 nitrogen and oxygen atoms in total. The number of carbonyl (C=O) groups is 1. The molecule has 13 heavy (non-hydrogen) atoms. The van der Waals surface area contributed by atoms with Crippen LogP contribution in [0, 0.1) is 12.7 Å². The molecule has 70 valence electrons. The maximum Gasteiger partial charge on any atom is 0.307 e. The van der Waals surface area contributed by atoms with Gasteiger partial charge >= 0.3 is 5.97 Å². The second kappa shape index (κ2) is 3.43. The van der Waals surface area contributed by atoms with Crippen LogP contribution in [-0.4, -0.2) is 11.1 Å². The number of anilines is 1. The molecule has 0 radical (unpaired) electrons. The molecular weight excluding hydrogens is 173 g/mol. The molecule has 4 heteroatoms. The Morgan fingerprint density at radius 2 is 2.23 bits per heavy atom. The average Bonchev–Trinajstić information content (AvgIpc) is 2.06. The SMILES string of the molecule is Cc1ccc(CC(=O)O)c(N)c1F. The molecule has 3 N–H and O–H groups in total. The standard InChI is InChI=1S/C9H10FNO2/c1-5-2-3-6(4-7(12)13)9(11)8(5)10/h2-3H,4,11H2,1H3,(H,12,13). The van der Waals surface area contributed by atoms with Gasteiger partial charge < -0.3 is 10.8 Å². The lowest BCUT2D eigenvalue weighted by molar-refractivity contribution is -0.136. The van der Waals surface area contributed by atoms with Crippen LogP contribution in [0.1, 0.15) is 11.1 Å². The molecular formula is C9H10FNO2. The number of aryl methyl sites for hydroxylation is 1. The van der Waals surface area contributed by atoms with E-state index in [1.54, 1.807) is 6.92 Å². The minimum absolute atomic E-state index is 0.0672. The van der Waals surface area contributed by atoms with E-state index in [4.69, 9.17) is 10.8 Å². The van der Waals surface area contributed by atoms with Gasteiger partial charge in [0.2, 0.25) is 0 Å². The van der Waals surface area contributed by atoms with Crippen molar-refractivity contribution in [3.63, 3.8) is 0 Å². The summed E-state index contributed by atoms with van der Waals surface area (Å²) < 4.78 is 13.1. The third-order valence-corrected chi connectivity index (χ3v) is 1.80. The number of rotatable bonds is 2. The van der Waals surface area contributed by atoms with Crippen molar-refractivity contribution in [2.24, 2.45) is 0 Å². The molecule has 0 unspecified atom stereocenters. The summed E-state index contributed by atoms with van der Waals surface area (Å²) in [7, 11) is 0. The van der Waals surface area contributed by atoms with Crippen LogP contribution >= 0.6 is 0 Å². The van der Waals surface area contributed by atoms with Gasteiger partial charge in [0.25, 0.3) is 0 Å². The predicted octanol–water partition coefficient (Wildman–Crippen LogP) is 1.34. The Balaban J connectivity index is 3.10. The first-order chi connectivity index (χ1) is 6.02. The van der Waals surface area contributed by atoms with Crippen LogP contribution < -0.4 is 5.73 Å². The highest BCUT2D eigenvalue weighted by atomic mass is 19.1. The molecule has 0 heterocycles. The first kappa shape index (κ1) is 9.51. The van der Waals surface area contributed by atoms with E-state index in [2.05, 4.69) is 0 Å². The molecule has 0 amide bonds. The van der Waals surface area contributed by atoms with E-state index < -0.39 is 11.8 Å². The van der Waals surface area contributed by atoms with Crippen LogP contribution in [-0.2, 0) is 11.2 Å². The summed E-state index contributed by atoms with van der Waals surface area (Å²) in [6.45, 7) is 1.58. The van der Waals surface area contributed by atoms with Gasteiger partial charge in [-0.1, -0.05) is 12.1 Å². The van der Waals surface area contributed by atoms with Crippen LogP contribution in [0.15, 0.2) is 12.1 Å². The lowest BCUT2D eigenvalue weighted by Crippen LogP contribution is -2.06. The van der Waals surface area contributed by atoms with E-state index in [1.807, 2.05) is 0 Å². The number of carboxylic acid groups (broad SMARTS) is 1. The summed E-state index contributed by atoms with van der Waals surface area (Å²) in [5.74, 6) is -1.55. The number of hydrogen-bond acceptors (Lipinski definition) is 2. The Morgan fingerprint density at radius 3 is 2.77 bits per heavy atom. The molecule has 1 aromatic carbocycles. The molecule has 0 aliphatic rings. The number of aliphatic carboxylic acids is 1. The zero-order chi connectivity index (χ0) is 10.0. The molecule has 1 aromatic rings. The first-order valence-corrected chi connectivity index (χ1v) is 3.77. The van der Waals surface area contributed by atoms with E-state index in [1.165, 1.54) is 12.1 Å². The van der Waals surface area contributed by atoms with E-state index in [0.717, 1.165) is 0 Å². The molecule has 0 saturated carbocycles. The quantitative estimate of drug-likeness (QED) is 0.680. The summed E-state index contributed by atoms with van der Waals surface area (Å²) in [5.41, 5.74) is 6.06. The molecule has 0 bridgehead atoms. The highest BCUT2D eigenvalue weighted by Crippen LogP contribution is 2.19. The maximum atomic E-state index is 13.1. The number of carboxylic acids is 1. The Morgan fingerprint density at radius 1 is 1.62 bits per heavy atom.